The second-order valence-electron chi connectivity index (χ2n) is 8.41. The van der Waals surface area contributed by atoms with E-state index in [0.717, 1.165) is 16.7 Å². The van der Waals surface area contributed by atoms with E-state index in [0.29, 0.717) is 16.7 Å². The molecule has 0 saturated heterocycles. The molecule has 0 fully saturated rings. The molecule has 0 aliphatic carbocycles. The molecular weight excluding hydrogens is 437 g/mol. The van der Waals surface area contributed by atoms with E-state index in [1.54, 1.807) is 74.5 Å². The summed E-state index contributed by atoms with van der Waals surface area (Å²) in [7, 11) is 0. The standard InChI is InChI=1S/C29H23F3O2/c1-17-14-18(2)24(19(3)15-17)26-23(28(33)34)16-22(20-10-6-4-7-11-20)27(29(30,31)32)25(26)21-12-8-5-9-13-21/h4-16H,1-3H3,(H,33,34). The third-order valence-electron chi connectivity index (χ3n) is 5.92. The third-order valence-corrected chi connectivity index (χ3v) is 5.92. The highest BCUT2D eigenvalue weighted by molar-refractivity contribution is 6.06. The van der Waals surface area contributed by atoms with Crippen molar-refractivity contribution >= 4 is 5.97 Å². The van der Waals surface area contributed by atoms with Gasteiger partial charge in [0.05, 0.1) is 11.1 Å². The molecule has 4 aromatic rings. The van der Waals surface area contributed by atoms with Crippen LogP contribution in [0.5, 0.6) is 0 Å². The minimum absolute atomic E-state index is 0.0840. The van der Waals surface area contributed by atoms with Gasteiger partial charge < -0.3 is 5.11 Å². The molecule has 4 rings (SSSR count). The van der Waals surface area contributed by atoms with Crippen LogP contribution in [0.3, 0.4) is 0 Å². The van der Waals surface area contributed by atoms with Crippen LogP contribution in [-0.4, -0.2) is 11.1 Å². The number of carboxylic acids is 1. The van der Waals surface area contributed by atoms with E-state index < -0.39 is 17.7 Å². The highest BCUT2D eigenvalue weighted by atomic mass is 19.4. The summed E-state index contributed by atoms with van der Waals surface area (Å²) in [5.41, 5.74) is 2.31. The van der Waals surface area contributed by atoms with E-state index in [9.17, 15) is 23.1 Å². The van der Waals surface area contributed by atoms with E-state index in [4.69, 9.17) is 0 Å². The molecule has 0 aliphatic heterocycles. The van der Waals surface area contributed by atoms with E-state index in [2.05, 4.69) is 0 Å². The zero-order valence-corrected chi connectivity index (χ0v) is 19.0. The molecule has 0 heterocycles. The molecular formula is C29H23F3O2. The first-order valence-corrected chi connectivity index (χ1v) is 10.8. The molecule has 5 heteroatoms. The van der Waals surface area contributed by atoms with Gasteiger partial charge in [-0.3, -0.25) is 0 Å². The van der Waals surface area contributed by atoms with Gasteiger partial charge in [-0.1, -0.05) is 78.4 Å². The van der Waals surface area contributed by atoms with Crippen molar-refractivity contribution in [3.63, 3.8) is 0 Å². The molecule has 0 aromatic heterocycles. The summed E-state index contributed by atoms with van der Waals surface area (Å²) in [4.78, 5) is 12.5. The van der Waals surface area contributed by atoms with Crippen LogP contribution in [-0.2, 0) is 6.18 Å². The van der Waals surface area contributed by atoms with E-state index in [1.807, 2.05) is 19.1 Å². The molecule has 2 nitrogen and oxygen atoms in total. The van der Waals surface area contributed by atoms with E-state index in [1.165, 1.54) is 6.07 Å². The van der Waals surface area contributed by atoms with Gasteiger partial charge in [0.1, 0.15) is 0 Å². The average Bonchev–Trinajstić information content (AvgIpc) is 2.78. The SMILES string of the molecule is Cc1cc(C)c(-c2c(C(=O)O)cc(-c3ccccc3)c(C(F)(F)F)c2-c2ccccc2)c(C)c1. The molecule has 0 radical (unpaired) electrons. The summed E-state index contributed by atoms with van der Waals surface area (Å²) >= 11 is 0. The highest BCUT2D eigenvalue weighted by Crippen LogP contribution is 2.50. The second-order valence-corrected chi connectivity index (χ2v) is 8.41. The van der Waals surface area contributed by atoms with Crippen LogP contribution < -0.4 is 0 Å². The number of aryl methyl sites for hydroxylation is 3. The minimum Gasteiger partial charge on any atom is -0.478 e. The topological polar surface area (TPSA) is 37.3 Å². The molecule has 0 atom stereocenters. The molecule has 0 unspecified atom stereocenters. The lowest BCUT2D eigenvalue weighted by Crippen LogP contribution is -2.14. The Morgan fingerprint density at radius 1 is 0.706 bits per heavy atom. The number of carbonyl (C=O) groups is 1. The smallest absolute Gasteiger partial charge is 0.417 e. The van der Waals surface area contributed by atoms with Gasteiger partial charge in [-0.25, -0.2) is 4.79 Å². The van der Waals surface area contributed by atoms with Crippen LogP contribution in [0.25, 0.3) is 33.4 Å². The van der Waals surface area contributed by atoms with Crippen molar-refractivity contribution in [1.82, 2.24) is 0 Å². The quantitative estimate of drug-likeness (QED) is 0.332. The normalized spacial score (nSPS) is 11.5. The first kappa shape index (κ1) is 23.3. The monoisotopic (exact) mass is 460 g/mol. The molecule has 1 N–H and O–H groups in total. The maximum Gasteiger partial charge on any atom is 0.417 e. The van der Waals surface area contributed by atoms with Crippen LogP contribution in [0.2, 0.25) is 0 Å². The van der Waals surface area contributed by atoms with Crippen molar-refractivity contribution in [3.05, 3.63) is 107 Å². The number of hydrogen-bond acceptors (Lipinski definition) is 1. The van der Waals surface area contributed by atoms with Crippen molar-refractivity contribution in [2.75, 3.05) is 0 Å². The van der Waals surface area contributed by atoms with Crippen molar-refractivity contribution < 1.29 is 23.1 Å². The number of carboxylic acid groups (broad SMARTS) is 1. The van der Waals surface area contributed by atoms with E-state index in [-0.39, 0.29) is 22.3 Å². The molecule has 0 spiro atoms. The fourth-order valence-electron chi connectivity index (χ4n) is 4.72. The molecule has 34 heavy (non-hydrogen) atoms. The Morgan fingerprint density at radius 2 is 1.21 bits per heavy atom. The van der Waals surface area contributed by atoms with Crippen molar-refractivity contribution in [1.29, 1.82) is 0 Å². The van der Waals surface area contributed by atoms with Gasteiger partial charge in [-0.15, -0.1) is 0 Å². The van der Waals surface area contributed by atoms with Crippen LogP contribution >= 0.6 is 0 Å². The van der Waals surface area contributed by atoms with Gasteiger partial charge in [-0.05, 0) is 60.2 Å². The van der Waals surface area contributed by atoms with Crippen LogP contribution in [0.15, 0.2) is 78.9 Å². The fourth-order valence-corrected chi connectivity index (χ4v) is 4.72. The lowest BCUT2D eigenvalue weighted by molar-refractivity contribution is -0.136. The zero-order chi connectivity index (χ0) is 24.6. The lowest BCUT2D eigenvalue weighted by Gasteiger charge is -2.25. The summed E-state index contributed by atoms with van der Waals surface area (Å²) in [6, 6.07) is 21.2. The van der Waals surface area contributed by atoms with Gasteiger partial charge in [0.15, 0.2) is 0 Å². The molecule has 172 valence electrons. The summed E-state index contributed by atoms with van der Waals surface area (Å²) < 4.78 is 44.5. The Bertz CT molecular complexity index is 1350. The Hall–Kier alpha value is -3.86. The first-order chi connectivity index (χ1) is 16.1. The number of halogens is 3. The Kier molecular flexibility index (Phi) is 6.05. The second kappa shape index (κ2) is 8.82. The predicted molar refractivity (Wildman–Crippen MR) is 129 cm³/mol. The summed E-state index contributed by atoms with van der Waals surface area (Å²) in [6.07, 6.45) is -4.73. The summed E-state index contributed by atoms with van der Waals surface area (Å²) in [6.45, 7) is 5.50. The Labute approximate surface area is 196 Å². The van der Waals surface area contributed by atoms with Gasteiger partial charge in [0.25, 0.3) is 0 Å². The third kappa shape index (κ3) is 4.21. The molecule has 0 bridgehead atoms. The van der Waals surface area contributed by atoms with Gasteiger partial charge in [0, 0.05) is 11.1 Å². The number of alkyl halides is 3. The molecule has 0 saturated carbocycles. The van der Waals surface area contributed by atoms with Crippen molar-refractivity contribution in [3.8, 4) is 33.4 Å². The Morgan fingerprint density at radius 3 is 1.68 bits per heavy atom. The summed E-state index contributed by atoms with van der Waals surface area (Å²) in [5.74, 6) is -1.28. The first-order valence-electron chi connectivity index (χ1n) is 10.8. The van der Waals surface area contributed by atoms with Crippen LogP contribution in [0.4, 0.5) is 13.2 Å². The maximum absolute atomic E-state index is 14.8. The van der Waals surface area contributed by atoms with Crippen molar-refractivity contribution in [2.45, 2.75) is 26.9 Å². The minimum atomic E-state index is -4.73. The molecule has 0 amide bonds. The zero-order valence-electron chi connectivity index (χ0n) is 19.0. The lowest BCUT2D eigenvalue weighted by atomic mass is 9.80. The van der Waals surface area contributed by atoms with Crippen LogP contribution in [0.1, 0.15) is 32.6 Å². The average molecular weight is 460 g/mol. The largest absolute Gasteiger partial charge is 0.478 e. The van der Waals surface area contributed by atoms with Crippen molar-refractivity contribution in [2.24, 2.45) is 0 Å². The van der Waals surface area contributed by atoms with Gasteiger partial charge in [-0.2, -0.15) is 13.2 Å². The molecule has 4 aromatic carbocycles. The highest BCUT2D eigenvalue weighted by Gasteiger charge is 2.40. The van der Waals surface area contributed by atoms with Gasteiger partial charge in [0.2, 0.25) is 0 Å². The summed E-state index contributed by atoms with van der Waals surface area (Å²) in [5, 5.41) is 10.2. The number of hydrogen-bond donors (Lipinski definition) is 1. The number of benzene rings is 4. The number of rotatable bonds is 4. The number of aromatic carboxylic acids is 1. The fraction of sp³-hybridized carbons (Fsp3) is 0.138. The van der Waals surface area contributed by atoms with Crippen LogP contribution in [0, 0.1) is 20.8 Å². The molecule has 0 aliphatic rings. The van der Waals surface area contributed by atoms with Gasteiger partial charge >= 0.3 is 12.1 Å². The Balaban J connectivity index is 2.30. The maximum atomic E-state index is 14.8. The predicted octanol–water partition coefficient (Wildman–Crippen LogP) is 8.33. The van der Waals surface area contributed by atoms with E-state index >= 15 is 0 Å².